The van der Waals surface area contributed by atoms with Gasteiger partial charge in [0.05, 0.1) is 5.02 Å². The van der Waals surface area contributed by atoms with Crippen LogP contribution in [0.4, 0.5) is 10.1 Å². The second-order valence-corrected chi connectivity index (χ2v) is 4.06. The second-order valence-electron chi connectivity index (χ2n) is 3.65. The number of phenols is 1. The molecule has 17 heavy (non-hydrogen) atoms. The maximum atomic E-state index is 13.2. The number of phenolic OH excluding ortho intramolecular Hbond substituents is 1. The highest BCUT2D eigenvalue weighted by Gasteiger charge is 2.01. The summed E-state index contributed by atoms with van der Waals surface area (Å²) in [6, 6.07) is 11.4. The zero-order chi connectivity index (χ0) is 12.3. The van der Waals surface area contributed by atoms with Gasteiger partial charge in [0.15, 0.2) is 0 Å². The van der Waals surface area contributed by atoms with E-state index < -0.39 is 5.82 Å². The molecule has 0 aromatic heterocycles. The van der Waals surface area contributed by atoms with Crippen molar-refractivity contribution in [2.24, 2.45) is 0 Å². The number of halogens is 2. The third kappa shape index (κ3) is 3.11. The second kappa shape index (κ2) is 5.06. The van der Waals surface area contributed by atoms with Gasteiger partial charge in [-0.2, -0.15) is 0 Å². The van der Waals surface area contributed by atoms with Gasteiger partial charge < -0.3 is 10.4 Å². The number of anilines is 1. The third-order valence-electron chi connectivity index (χ3n) is 2.33. The third-order valence-corrected chi connectivity index (χ3v) is 2.63. The van der Waals surface area contributed by atoms with Crippen molar-refractivity contribution < 1.29 is 9.50 Å². The largest absolute Gasteiger partial charge is 0.508 e. The Morgan fingerprint density at radius 1 is 1.18 bits per heavy atom. The molecule has 2 nitrogen and oxygen atoms in total. The molecule has 0 amide bonds. The van der Waals surface area contributed by atoms with Crippen molar-refractivity contribution in [1.29, 1.82) is 0 Å². The van der Waals surface area contributed by atoms with Crippen LogP contribution in [0.25, 0.3) is 0 Å². The Bertz CT molecular complexity index is 531. The Hall–Kier alpha value is -1.74. The number of aromatic hydroxyl groups is 1. The van der Waals surface area contributed by atoms with E-state index in [1.54, 1.807) is 24.3 Å². The summed E-state index contributed by atoms with van der Waals surface area (Å²) >= 11 is 5.58. The molecule has 0 radical (unpaired) electrons. The van der Waals surface area contributed by atoms with Crippen molar-refractivity contribution in [3.8, 4) is 5.75 Å². The van der Waals surface area contributed by atoms with Crippen molar-refractivity contribution in [3.63, 3.8) is 0 Å². The fourth-order valence-electron chi connectivity index (χ4n) is 1.48. The van der Waals surface area contributed by atoms with Crippen LogP contribution in [0.3, 0.4) is 0 Å². The average molecular weight is 252 g/mol. The van der Waals surface area contributed by atoms with Crippen molar-refractivity contribution in [2.45, 2.75) is 6.54 Å². The summed E-state index contributed by atoms with van der Waals surface area (Å²) in [5, 5.41) is 12.4. The number of hydrogen-bond acceptors (Lipinski definition) is 2. The highest BCUT2D eigenvalue weighted by molar-refractivity contribution is 6.30. The van der Waals surface area contributed by atoms with E-state index in [0.29, 0.717) is 12.2 Å². The van der Waals surface area contributed by atoms with E-state index in [2.05, 4.69) is 5.32 Å². The molecule has 88 valence electrons. The molecule has 2 aromatic rings. The number of nitrogens with one attached hydrogen (secondary N) is 1. The maximum absolute atomic E-state index is 13.2. The molecule has 0 saturated carbocycles. The minimum absolute atomic E-state index is 0.105. The van der Waals surface area contributed by atoms with Gasteiger partial charge >= 0.3 is 0 Å². The van der Waals surface area contributed by atoms with Crippen LogP contribution in [0.2, 0.25) is 5.02 Å². The first-order valence-electron chi connectivity index (χ1n) is 5.12. The number of benzene rings is 2. The van der Waals surface area contributed by atoms with Crippen LogP contribution >= 0.6 is 11.6 Å². The van der Waals surface area contributed by atoms with Gasteiger partial charge in [-0.25, -0.2) is 4.39 Å². The number of rotatable bonds is 3. The van der Waals surface area contributed by atoms with Crippen LogP contribution in [-0.4, -0.2) is 5.11 Å². The van der Waals surface area contributed by atoms with E-state index in [4.69, 9.17) is 11.6 Å². The Morgan fingerprint density at radius 2 is 2.00 bits per heavy atom. The number of hydrogen-bond donors (Lipinski definition) is 2. The summed E-state index contributed by atoms with van der Waals surface area (Å²) in [4.78, 5) is 0. The highest BCUT2D eigenvalue weighted by atomic mass is 35.5. The lowest BCUT2D eigenvalue weighted by molar-refractivity contribution is 0.474. The molecule has 0 aliphatic carbocycles. The molecule has 2 aromatic carbocycles. The Morgan fingerprint density at radius 3 is 2.71 bits per heavy atom. The predicted molar refractivity (Wildman–Crippen MR) is 66.8 cm³/mol. The molecule has 2 N–H and O–H groups in total. The first-order valence-corrected chi connectivity index (χ1v) is 5.50. The highest BCUT2D eigenvalue weighted by Crippen LogP contribution is 2.19. The van der Waals surface area contributed by atoms with Crippen molar-refractivity contribution in [1.82, 2.24) is 0 Å². The standard InChI is InChI=1S/C13H11ClFNO/c14-12-5-4-10(7-13(12)15)16-8-9-2-1-3-11(17)6-9/h1-7,16-17H,8H2. The van der Waals surface area contributed by atoms with Gasteiger partial charge in [-0.1, -0.05) is 23.7 Å². The van der Waals surface area contributed by atoms with Crippen molar-refractivity contribution in [3.05, 3.63) is 58.9 Å². The van der Waals surface area contributed by atoms with Gasteiger partial charge in [-0.3, -0.25) is 0 Å². The Balaban J connectivity index is 2.05. The zero-order valence-corrected chi connectivity index (χ0v) is 9.71. The van der Waals surface area contributed by atoms with Crippen molar-refractivity contribution >= 4 is 17.3 Å². The molecule has 4 heteroatoms. The van der Waals surface area contributed by atoms with E-state index >= 15 is 0 Å². The lowest BCUT2D eigenvalue weighted by Gasteiger charge is -2.07. The Labute approximate surface area is 104 Å². The molecule has 0 aliphatic heterocycles. The fraction of sp³-hybridized carbons (Fsp3) is 0.0769. The van der Waals surface area contributed by atoms with E-state index in [0.717, 1.165) is 5.56 Å². The summed E-state index contributed by atoms with van der Waals surface area (Å²) in [7, 11) is 0. The molecule has 0 fully saturated rings. The Kier molecular flexibility index (Phi) is 3.49. The lowest BCUT2D eigenvalue weighted by Crippen LogP contribution is -1.99. The summed E-state index contributed by atoms with van der Waals surface area (Å²) in [6.45, 7) is 0.509. The van der Waals surface area contributed by atoms with Gasteiger partial charge in [0.1, 0.15) is 11.6 Å². The molecule has 0 spiro atoms. The van der Waals surface area contributed by atoms with Crippen LogP contribution in [0.15, 0.2) is 42.5 Å². The lowest BCUT2D eigenvalue weighted by atomic mass is 10.2. The summed E-state index contributed by atoms with van der Waals surface area (Å²) in [5.41, 5.74) is 1.57. The maximum Gasteiger partial charge on any atom is 0.143 e. The molecule has 2 rings (SSSR count). The van der Waals surface area contributed by atoms with Crippen LogP contribution in [-0.2, 0) is 6.54 Å². The smallest absolute Gasteiger partial charge is 0.143 e. The topological polar surface area (TPSA) is 32.3 Å². The fourth-order valence-corrected chi connectivity index (χ4v) is 1.59. The monoisotopic (exact) mass is 251 g/mol. The van der Waals surface area contributed by atoms with E-state index in [9.17, 15) is 9.50 Å². The molecule has 0 atom stereocenters. The first-order chi connectivity index (χ1) is 8.15. The summed E-state index contributed by atoms with van der Waals surface area (Å²) < 4.78 is 13.2. The summed E-state index contributed by atoms with van der Waals surface area (Å²) in [6.07, 6.45) is 0. The minimum Gasteiger partial charge on any atom is -0.508 e. The van der Waals surface area contributed by atoms with Gasteiger partial charge in [-0.05, 0) is 35.9 Å². The molecule has 0 bridgehead atoms. The molecular weight excluding hydrogens is 241 g/mol. The SMILES string of the molecule is Oc1cccc(CNc2ccc(Cl)c(F)c2)c1. The molecule has 0 unspecified atom stereocenters. The quantitative estimate of drug-likeness (QED) is 0.870. The van der Waals surface area contributed by atoms with Gasteiger partial charge in [0, 0.05) is 12.2 Å². The van der Waals surface area contributed by atoms with E-state index in [-0.39, 0.29) is 10.8 Å². The van der Waals surface area contributed by atoms with Gasteiger partial charge in [-0.15, -0.1) is 0 Å². The summed E-state index contributed by atoms with van der Waals surface area (Å²) in [5.74, 6) is -0.237. The minimum atomic E-state index is -0.451. The van der Waals surface area contributed by atoms with Gasteiger partial charge in [0.2, 0.25) is 0 Å². The predicted octanol–water partition coefficient (Wildman–Crippen LogP) is 3.80. The van der Waals surface area contributed by atoms with Crippen LogP contribution in [0, 0.1) is 5.82 Å². The normalized spacial score (nSPS) is 10.2. The van der Waals surface area contributed by atoms with Crippen LogP contribution in [0.5, 0.6) is 5.75 Å². The first kappa shape index (κ1) is 11.7. The van der Waals surface area contributed by atoms with Crippen LogP contribution in [0.1, 0.15) is 5.56 Å². The molecule has 0 aliphatic rings. The van der Waals surface area contributed by atoms with Crippen molar-refractivity contribution in [2.75, 3.05) is 5.32 Å². The van der Waals surface area contributed by atoms with Crippen LogP contribution < -0.4 is 5.32 Å². The molecular formula is C13H11ClFNO. The molecule has 0 heterocycles. The zero-order valence-electron chi connectivity index (χ0n) is 8.95. The molecule has 0 saturated heterocycles. The average Bonchev–Trinajstić information content (AvgIpc) is 2.31. The van der Waals surface area contributed by atoms with Gasteiger partial charge in [0.25, 0.3) is 0 Å². The van der Waals surface area contributed by atoms with E-state index in [1.165, 1.54) is 12.1 Å². The van der Waals surface area contributed by atoms with E-state index in [1.807, 2.05) is 6.07 Å².